The molecule has 0 saturated carbocycles. The average Bonchev–Trinajstić information content (AvgIpc) is 2.38. The molecule has 0 bridgehead atoms. The normalized spacial score (nSPS) is 10.1. The zero-order chi connectivity index (χ0) is 14.3. The van der Waals surface area contributed by atoms with Gasteiger partial charge in [0.1, 0.15) is 0 Å². The number of ether oxygens (including phenoxy) is 2. The van der Waals surface area contributed by atoms with Gasteiger partial charge in [-0.3, -0.25) is 4.79 Å². The number of hydrogen-bond acceptors (Lipinski definition) is 4. The van der Waals surface area contributed by atoms with Crippen LogP contribution in [0.4, 0.5) is 0 Å². The van der Waals surface area contributed by atoms with Crippen molar-refractivity contribution in [3.8, 4) is 17.2 Å². The number of amides is 1. The molecule has 1 amide bonds. The van der Waals surface area contributed by atoms with Crippen LogP contribution >= 0.6 is 0 Å². The molecule has 0 aromatic heterocycles. The molecule has 106 valence electrons. The van der Waals surface area contributed by atoms with Gasteiger partial charge in [-0.15, -0.1) is 0 Å². The molecule has 0 radical (unpaired) electrons. The number of benzene rings is 1. The second-order valence-electron chi connectivity index (χ2n) is 4.20. The third-order valence-corrected chi connectivity index (χ3v) is 2.73. The van der Waals surface area contributed by atoms with Gasteiger partial charge in [0.05, 0.1) is 14.2 Å². The van der Waals surface area contributed by atoms with E-state index in [2.05, 4.69) is 5.32 Å². The Kier molecular flexibility index (Phi) is 5.99. The van der Waals surface area contributed by atoms with Gasteiger partial charge in [-0.05, 0) is 30.5 Å². The standard InChI is InChI=1S/C14H21NO4/c1-4-5-13(17)15-7-6-10-8-11(16)14(19-3)12(9-10)18-2/h8-9,16H,4-7H2,1-3H3,(H,15,17). The number of aromatic hydroxyl groups is 1. The van der Waals surface area contributed by atoms with E-state index in [9.17, 15) is 9.90 Å². The first-order valence-corrected chi connectivity index (χ1v) is 6.32. The minimum absolute atomic E-state index is 0.0386. The van der Waals surface area contributed by atoms with Crippen LogP contribution in [-0.4, -0.2) is 31.8 Å². The van der Waals surface area contributed by atoms with Gasteiger partial charge in [-0.1, -0.05) is 6.92 Å². The van der Waals surface area contributed by atoms with Gasteiger partial charge in [0, 0.05) is 13.0 Å². The molecule has 0 aliphatic rings. The number of methoxy groups -OCH3 is 2. The highest BCUT2D eigenvalue weighted by Gasteiger charge is 2.11. The summed E-state index contributed by atoms with van der Waals surface area (Å²) in [5.74, 6) is 0.891. The summed E-state index contributed by atoms with van der Waals surface area (Å²) in [5.41, 5.74) is 0.881. The van der Waals surface area contributed by atoms with Crippen LogP contribution in [0, 0.1) is 0 Å². The molecule has 5 nitrogen and oxygen atoms in total. The molecule has 1 rings (SSSR count). The van der Waals surface area contributed by atoms with Crippen molar-refractivity contribution in [2.45, 2.75) is 26.2 Å². The van der Waals surface area contributed by atoms with Crippen LogP contribution in [0.15, 0.2) is 12.1 Å². The van der Waals surface area contributed by atoms with Crippen LogP contribution < -0.4 is 14.8 Å². The lowest BCUT2D eigenvalue weighted by Gasteiger charge is -2.12. The number of hydrogen-bond donors (Lipinski definition) is 2. The van der Waals surface area contributed by atoms with Crippen LogP contribution in [0.5, 0.6) is 17.2 Å². The summed E-state index contributed by atoms with van der Waals surface area (Å²) in [4.78, 5) is 11.3. The maximum atomic E-state index is 11.3. The van der Waals surface area contributed by atoms with E-state index in [0.29, 0.717) is 30.9 Å². The number of carbonyl (C=O) groups excluding carboxylic acids is 1. The molecule has 0 aliphatic heterocycles. The van der Waals surface area contributed by atoms with Crippen molar-refractivity contribution in [2.24, 2.45) is 0 Å². The van der Waals surface area contributed by atoms with Crippen LogP contribution in [-0.2, 0) is 11.2 Å². The fourth-order valence-corrected chi connectivity index (χ4v) is 1.81. The second kappa shape index (κ2) is 7.51. The fourth-order valence-electron chi connectivity index (χ4n) is 1.81. The highest BCUT2D eigenvalue weighted by atomic mass is 16.5. The SMILES string of the molecule is CCCC(=O)NCCc1cc(O)c(OC)c(OC)c1. The molecule has 0 spiro atoms. The zero-order valence-corrected chi connectivity index (χ0v) is 11.7. The molecule has 1 aromatic carbocycles. The molecule has 0 fully saturated rings. The Morgan fingerprint density at radius 3 is 2.63 bits per heavy atom. The van der Waals surface area contributed by atoms with Crippen molar-refractivity contribution in [3.05, 3.63) is 17.7 Å². The van der Waals surface area contributed by atoms with E-state index < -0.39 is 0 Å². The maximum absolute atomic E-state index is 11.3. The molecule has 0 aliphatic carbocycles. The fraction of sp³-hybridized carbons (Fsp3) is 0.500. The third kappa shape index (κ3) is 4.35. The van der Waals surface area contributed by atoms with Gasteiger partial charge in [0.2, 0.25) is 11.7 Å². The van der Waals surface area contributed by atoms with Crippen molar-refractivity contribution in [1.82, 2.24) is 5.32 Å². The number of phenolic OH excluding ortho intramolecular Hbond substituents is 1. The number of phenols is 1. The summed E-state index contributed by atoms with van der Waals surface area (Å²) < 4.78 is 10.2. The molecule has 0 saturated heterocycles. The summed E-state index contributed by atoms with van der Waals surface area (Å²) in [6, 6.07) is 3.41. The summed E-state index contributed by atoms with van der Waals surface area (Å²) in [7, 11) is 2.99. The molecule has 0 atom stereocenters. The van der Waals surface area contributed by atoms with E-state index >= 15 is 0 Å². The predicted molar refractivity (Wildman–Crippen MR) is 72.8 cm³/mol. The van der Waals surface area contributed by atoms with Crippen molar-refractivity contribution in [2.75, 3.05) is 20.8 Å². The summed E-state index contributed by atoms with van der Waals surface area (Å²) in [6.07, 6.45) is 2.00. The Morgan fingerprint density at radius 1 is 1.32 bits per heavy atom. The minimum Gasteiger partial charge on any atom is -0.504 e. The van der Waals surface area contributed by atoms with E-state index in [0.717, 1.165) is 12.0 Å². The number of rotatable bonds is 7. The highest BCUT2D eigenvalue weighted by molar-refractivity contribution is 5.75. The highest BCUT2D eigenvalue weighted by Crippen LogP contribution is 2.37. The van der Waals surface area contributed by atoms with E-state index in [4.69, 9.17) is 9.47 Å². The van der Waals surface area contributed by atoms with Crippen LogP contribution in [0.1, 0.15) is 25.3 Å². The largest absolute Gasteiger partial charge is 0.504 e. The number of nitrogens with one attached hydrogen (secondary N) is 1. The summed E-state index contributed by atoms with van der Waals surface area (Å²) in [6.45, 7) is 2.50. The third-order valence-electron chi connectivity index (χ3n) is 2.73. The van der Waals surface area contributed by atoms with Crippen molar-refractivity contribution >= 4 is 5.91 Å². The molecule has 0 heterocycles. The first-order chi connectivity index (χ1) is 9.12. The quantitative estimate of drug-likeness (QED) is 0.791. The smallest absolute Gasteiger partial charge is 0.219 e. The Morgan fingerprint density at radius 2 is 2.05 bits per heavy atom. The van der Waals surface area contributed by atoms with E-state index in [-0.39, 0.29) is 11.7 Å². The van der Waals surface area contributed by atoms with E-state index in [1.807, 2.05) is 6.92 Å². The van der Waals surface area contributed by atoms with Gasteiger partial charge in [-0.25, -0.2) is 0 Å². The van der Waals surface area contributed by atoms with Gasteiger partial charge >= 0.3 is 0 Å². The minimum atomic E-state index is 0.0386. The van der Waals surface area contributed by atoms with E-state index in [1.54, 1.807) is 12.1 Å². The van der Waals surface area contributed by atoms with Crippen molar-refractivity contribution < 1.29 is 19.4 Å². The van der Waals surface area contributed by atoms with Gasteiger partial charge < -0.3 is 19.9 Å². The monoisotopic (exact) mass is 267 g/mol. The summed E-state index contributed by atoms with van der Waals surface area (Å²) >= 11 is 0. The molecule has 19 heavy (non-hydrogen) atoms. The number of carbonyl (C=O) groups is 1. The topological polar surface area (TPSA) is 67.8 Å². The molecular formula is C14H21NO4. The molecule has 0 unspecified atom stereocenters. The first-order valence-electron chi connectivity index (χ1n) is 6.32. The Labute approximate surface area is 113 Å². The summed E-state index contributed by atoms with van der Waals surface area (Å²) in [5, 5.41) is 12.6. The lowest BCUT2D eigenvalue weighted by molar-refractivity contribution is -0.121. The molecule has 2 N–H and O–H groups in total. The molecular weight excluding hydrogens is 246 g/mol. The second-order valence-corrected chi connectivity index (χ2v) is 4.20. The molecule has 5 heteroatoms. The lowest BCUT2D eigenvalue weighted by Crippen LogP contribution is -2.25. The van der Waals surface area contributed by atoms with Crippen LogP contribution in [0.2, 0.25) is 0 Å². The van der Waals surface area contributed by atoms with Crippen molar-refractivity contribution in [3.63, 3.8) is 0 Å². The predicted octanol–water partition coefficient (Wildman–Crippen LogP) is 1.87. The Balaban J connectivity index is 2.64. The van der Waals surface area contributed by atoms with E-state index in [1.165, 1.54) is 14.2 Å². The lowest BCUT2D eigenvalue weighted by atomic mass is 10.1. The van der Waals surface area contributed by atoms with Gasteiger partial charge in [0.15, 0.2) is 11.5 Å². The Bertz CT molecular complexity index is 432. The van der Waals surface area contributed by atoms with Crippen molar-refractivity contribution in [1.29, 1.82) is 0 Å². The average molecular weight is 267 g/mol. The van der Waals surface area contributed by atoms with Gasteiger partial charge in [-0.2, -0.15) is 0 Å². The van der Waals surface area contributed by atoms with Crippen LogP contribution in [0.25, 0.3) is 0 Å². The first kappa shape index (κ1) is 15.1. The molecule has 1 aromatic rings. The van der Waals surface area contributed by atoms with Gasteiger partial charge in [0.25, 0.3) is 0 Å². The van der Waals surface area contributed by atoms with Crippen LogP contribution in [0.3, 0.4) is 0 Å². The maximum Gasteiger partial charge on any atom is 0.219 e. The Hall–Kier alpha value is -1.91. The zero-order valence-electron chi connectivity index (χ0n) is 11.7.